The number of primary amides is 1. The number of benzene rings is 2. The number of anilines is 1. The lowest BCUT2D eigenvalue weighted by Crippen LogP contribution is -2.37. The number of hydrogen-bond acceptors (Lipinski definition) is 6. The van der Waals surface area contributed by atoms with Gasteiger partial charge in [-0.1, -0.05) is 19.9 Å². The van der Waals surface area contributed by atoms with Gasteiger partial charge in [0, 0.05) is 23.6 Å². The maximum Gasteiger partial charge on any atom is 0.305 e. The first-order valence-corrected chi connectivity index (χ1v) is 11.5. The molecule has 194 valence electrons. The highest BCUT2D eigenvalue weighted by molar-refractivity contribution is 5.96. The highest BCUT2D eigenvalue weighted by Gasteiger charge is 2.27. The SMILES string of the molecule is COc1ccc(C(CC(=O)O)NC(=O)C(CC(=O)Nc2ccc(C(N)=O)cc2)CC(C)C)cc1OC. The molecule has 5 N–H and O–H groups in total. The van der Waals surface area contributed by atoms with Crippen LogP contribution in [0.5, 0.6) is 11.5 Å². The molecule has 0 radical (unpaired) electrons. The third kappa shape index (κ3) is 8.30. The van der Waals surface area contributed by atoms with Gasteiger partial charge in [-0.05, 0) is 54.3 Å². The number of carboxylic acids is 1. The summed E-state index contributed by atoms with van der Waals surface area (Å²) in [6.07, 6.45) is -0.0348. The van der Waals surface area contributed by atoms with Crippen LogP contribution in [-0.4, -0.2) is 43.0 Å². The minimum Gasteiger partial charge on any atom is -0.493 e. The smallest absolute Gasteiger partial charge is 0.305 e. The fourth-order valence-corrected chi connectivity index (χ4v) is 3.79. The molecule has 0 aliphatic heterocycles. The van der Waals surface area contributed by atoms with Crippen LogP contribution in [-0.2, 0) is 14.4 Å². The number of hydrogen-bond donors (Lipinski definition) is 4. The summed E-state index contributed by atoms with van der Waals surface area (Å²) in [6, 6.07) is 10.2. The van der Waals surface area contributed by atoms with Gasteiger partial charge in [0.15, 0.2) is 11.5 Å². The van der Waals surface area contributed by atoms with E-state index in [0.717, 1.165) is 0 Å². The Kier molecular flexibility index (Phi) is 10.3. The summed E-state index contributed by atoms with van der Waals surface area (Å²) in [6.45, 7) is 3.87. The molecule has 2 aromatic carbocycles. The molecule has 10 nitrogen and oxygen atoms in total. The molecule has 0 aromatic heterocycles. The average molecular weight is 500 g/mol. The molecule has 0 aliphatic rings. The molecule has 0 fully saturated rings. The zero-order valence-electron chi connectivity index (χ0n) is 20.9. The van der Waals surface area contributed by atoms with E-state index in [0.29, 0.717) is 34.7 Å². The number of nitrogens with one attached hydrogen (secondary N) is 2. The Hall–Kier alpha value is -4.08. The van der Waals surface area contributed by atoms with Crippen LogP contribution in [0.1, 0.15) is 55.1 Å². The van der Waals surface area contributed by atoms with E-state index in [2.05, 4.69) is 10.6 Å². The summed E-state index contributed by atoms with van der Waals surface area (Å²) in [5, 5.41) is 14.9. The van der Waals surface area contributed by atoms with Gasteiger partial charge in [-0.2, -0.15) is 0 Å². The number of nitrogens with two attached hydrogens (primary N) is 1. The van der Waals surface area contributed by atoms with Crippen LogP contribution in [0.15, 0.2) is 42.5 Å². The molecule has 0 heterocycles. The molecule has 0 bridgehead atoms. The van der Waals surface area contributed by atoms with Crippen molar-refractivity contribution in [1.82, 2.24) is 5.32 Å². The molecule has 0 spiro atoms. The van der Waals surface area contributed by atoms with Crippen molar-refractivity contribution in [3.8, 4) is 11.5 Å². The number of carbonyl (C=O) groups excluding carboxylic acids is 3. The zero-order chi connectivity index (χ0) is 26.8. The van der Waals surface area contributed by atoms with Gasteiger partial charge in [0.2, 0.25) is 17.7 Å². The maximum atomic E-state index is 13.2. The molecule has 0 saturated heterocycles. The highest BCUT2D eigenvalue weighted by atomic mass is 16.5. The second-order valence-corrected chi connectivity index (χ2v) is 8.79. The lowest BCUT2D eigenvalue weighted by molar-refractivity contribution is -0.138. The fraction of sp³-hybridized carbons (Fsp3) is 0.385. The summed E-state index contributed by atoms with van der Waals surface area (Å²) >= 11 is 0. The van der Waals surface area contributed by atoms with Crippen LogP contribution in [0.4, 0.5) is 5.69 Å². The van der Waals surface area contributed by atoms with Crippen molar-refractivity contribution in [2.75, 3.05) is 19.5 Å². The van der Waals surface area contributed by atoms with Gasteiger partial charge < -0.3 is 30.9 Å². The monoisotopic (exact) mass is 499 g/mol. The average Bonchev–Trinajstić information content (AvgIpc) is 2.82. The van der Waals surface area contributed by atoms with Crippen LogP contribution >= 0.6 is 0 Å². The third-order valence-corrected chi connectivity index (χ3v) is 5.52. The fourth-order valence-electron chi connectivity index (χ4n) is 3.79. The largest absolute Gasteiger partial charge is 0.493 e. The van der Waals surface area contributed by atoms with Crippen molar-refractivity contribution in [2.45, 2.75) is 39.2 Å². The predicted octanol–water partition coefficient (Wildman–Crippen LogP) is 3.13. The molecule has 36 heavy (non-hydrogen) atoms. The van der Waals surface area contributed by atoms with E-state index in [4.69, 9.17) is 15.2 Å². The minimum absolute atomic E-state index is 0.104. The first-order valence-electron chi connectivity index (χ1n) is 11.5. The predicted molar refractivity (Wildman–Crippen MR) is 134 cm³/mol. The van der Waals surface area contributed by atoms with E-state index in [-0.39, 0.29) is 24.7 Å². The van der Waals surface area contributed by atoms with Crippen LogP contribution in [0, 0.1) is 11.8 Å². The first-order chi connectivity index (χ1) is 17.0. The number of amides is 3. The summed E-state index contributed by atoms with van der Waals surface area (Å²) in [7, 11) is 2.95. The van der Waals surface area contributed by atoms with Crippen molar-refractivity contribution in [3.05, 3.63) is 53.6 Å². The van der Waals surface area contributed by atoms with Gasteiger partial charge in [-0.15, -0.1) is 0 Å². The van der Waals surface area contributed by atoms with Crippen molar-refractivity contribution >= 4 is 29.4 Å². The molecular weight excluding hydrogens is 466 g/mol. The van der Waals surface area contributed by atoms with Gasteiger partial charge >= 0.3 is 5.97 Å². The maximum absolute atomic E-state index is 13.2. The number of aliphatic carboxylic acids is 1. The molecule has 0 saturated carbocycles. The van der Waals surface area contributed by atoms with Crippen LogP contribution < -0.4 is 25.8 Å². The Morgan fingerprint density at radius 3 is 2.11 bits per heavy atom. The Bertz CT molecular complexity index is 1080. The van der Waals surface area contributed by atoms with Crippen molar-refractivity contribution < 1.29 is 33.8 Å². The number of ether oxygens (including phenoxy) is 2. The summed E-state index contributed by atoms with van der Waals surface area (Å²) in [5.41, 5.74) is 6.54. The highest BCUT2D eigenvalue weighted by Crippen LogP contribution is 2.31. The Morgan fingerprint density at radius 1 is 0.944 bits per heavy atom. The normalized spacial score (nSPS) is 12.4. The van der Waals surface area contributed by atoms with E-state index in [1.165, 1.54) is 26.4 Å². The van der Waals surface area contributed by atoms with Gasteiger partial charge in [0.1, 0.15) is 0 Å². The number of carbonyl (C=O) groups is 4. The second kappa shape index (κ2) is 13.1. The lowest BCUT2D eigenvalue weighted by atomic mass is 9.92. The van der Waals surface area contributed by atoms with Gasteiger partial charge in [-0.3, -0.25) is 19.2 Å². The topological polar surface area (TPSA) is 157 Å². The summed E-state index contributed by atoms with van der Waals surface area (Å²) in [4.78, 5) is 48.7. The van der Waals surface area contributed by atoms with Gasteiger partial charge in [0.05, 0.1) is 26.7 Å². The van der Waals surface area contributed by atoms with E-state index < -0.39 is 29.7 Å². The molecule has 0 aliphatic carbocycles. The van der Waals surface area contributed by atoms with E-state index >= 15 is 0 Å². The first kappa shape index (κ1) is 28.2. The van der Waals surface area contributed by atoms with Gasteiger partial charge in [0.25, 0.3) is 0 Å². The molecule has 2 rings (SSSR count). The standard InChI is InChI=1S/C26H33N3O7/c1-15(2)11-18(13-23(30)28-19-8-5-16(6-9-19)25(27)33)26(34)29-20(14-24(31)32)17-7-10-21(35-3)22(12-17)36-4/h5-10,12,15,18,20H,11,13-14H2,1-4H3,(H2,27,33)(H,28,30)(H,29,34)(H,31,32). The zero-order valence-corrected chi connectivity index (χ0v) is 20.9. The number of carboxylic acid groups (broad SMARTS) is 1. The Labute approximate surface area is 210 Å². The Balaban J connectivity index is 2.19. The minimum atomic E-state index is -1.09. The summed E-state index contributed by atoms with van der Waals surface area (Å²) < 4.78 is 10.5. The lowest BCUT2D eigenvalue weighted by Gasteiger charge is -2.24. The second-order valence-electron chi connectivity index (χ2n) is 8.79. The van der Waals surface area contributed by atoms with E-state index in [1.54, 1.807) is 30.3 Å². The van der Waals surface area contributed by atoms with Crippen molar-refractivity contribution in [3.63, 3.8) is 0 Å². The van der Waals surface area contributed by atoms with Crippen molar-refractivity contribution in [1.29, 1.82) is 0 Å². The van der Waals surface area contributed by atoms with Gasteiger partial charge in [-0.25, -0.2) is 0 Å². The third-order valence-electron chi connectivity index (χ3n) is 5.52. The molecule has 3 amide bonds. The summed E-state index contributed by atoms with van der Waals surface area (Å²) in [5.74, 6) is -2.18. The molecule has 2 unspecified atom stereocenters. The van der Waals surface area contributed by atoms with Crippen LogP contribution in [0.2, 0.25) is 0 Å². The molecular formula is C26H33N3O7. The van der Waals surface area contributed by atoms with E-state index in [1.807, 2.05) is 13.8 Å². The van der Waals surface area contributed by atoms with E-state index in [9.17, 15) is 24.3 Å². The molecule has 10 heteroatoms. The Morgan fingerprint density at radius 2 is 1.58 bits per heavy atom. The molecule has 2 aromatic rings. The number of methoxy groups -OCH3 is 2. The van der Waals surface area contributed by atoms with Crippen LogP contribution in [0.25, 0.3) is 0 Å². The van der Waals surface area contributed by atoms with Crippen LogP contribution in [0.3, 0.4) is 0 Å². The quantitative estimate of drug-likeness (QED) is 0.330. The number of rotatable bonds is 13. The molecule has 2 atom stereocenters. The van der Waals surface area contributed by atoms with Crippen molar-refractivity contribution in [2.24, 2.45) is 17.6 Å².